The summed E-state index contributed by atoms with van der Waals surface area (Å²) in [5.41, 5.74) is 2.07. The summed E-state index contributed by atoms with van der Waals surface area (Å²) in [5, 5.41) is 4.00. The second kappa shape index (κ2) is 8.29. The number of hydrogen-bond donors (Lipinski definition) is 1. The lowest BCUT2D eigenvalue weighted by Gasteiger charge is -2.10. The van der Waals surface area contributed by atoms with Crippen LogP contribution in [0.2, 0.25) is 10.0 Å². The molecule has 0 radical (unpaired) electrons. The minimum absolute atomic E-state index is 0.169. The van der Waals surface area contributed by atoms with Crippen LogP contribution in [0.3, 0.4) is 0 Å². The van der Waals surface area contributed by atoms with Crippen molar-refractivity contribution in [3.63, 3.8) is 0 Å². The zero-order chi connectivity index (χ0) is 16.8. The Hall–Kier alpha value is -1.62. The second-order valence-corrected chi connectivity index (χ2v) is 6.31. The molecule has 0 fully saturated rings. The number of benzene rings is 1. The van der Waals surface area contributed by atoms with Gasteiger partial charge in [-0.15, -0.1) is 0 Å². The molecule has 0 saturated carbocycles. The summed E-state index contributed by atoms with van der Waals surface area (Å²) >= 11 is 12.1. The summed E-state index contributed by atoms with van der Waals surface area (Å²) in [6.07, 6.45) is 2.54. The Morgan fingerprint density at radius 3 is 2.61 bits per heavy atom. The number of halogens is 2. The van der Waals surface area contributed by atoms with Crippen molar-refractivity contribution in [2.24, 2.45) is 0 Å². The Morgan fingerprint density at radius 2 is 2.00 bits per heavy atom. The molecule has 0 bridgehead atoms. The summed E-state index contributed by atoms with van der Waals surface area (Å²) < 4.78 is 0. The van der Waals surface area contributed by atoms with E-state index in [0.29, 0.717) is 22.3 Å². The molecule has 1 aromatic heterocycles. The highest BCUT2D eigenvalue weighted by atomic mass is 35.5. The molecule has 1 aromatic carbocycles. The van der Waals surface area contributed by atoms with Gasteiger partial charge in [-0.05, 0) is 45.3 Å². The summed E-state index contributed by atoms with van der Waals surface area (Å²) in [4.78, 5) is 18.3. The highest BCUT2D eigenvalue weighted by Crippen LogP contribution is 2.29. The molecule has 0 atom stereocenters. The van der Waals surface area contributed by atoms with Crippen LogP contribution >= 0.6 is 23.2 Å². The molecule has 0 aliphatic rings. The van der Waals surface area contributed by atoms with Gasteiger partial charge in [0.25, 0.3) is 5.91 Å². The maximum atomic E-state index is 12.0. The fourth-order valence-corrected chi connectivity index (χ4v) is 2.62. The van der Waals surface area contributed by atoms with E-state index in [2.05, 4.69) is 15.2 Å². The molecule has 1 amide bonds. The molecular formula is C17H19Cl2N3O. The highest BCUT2D eigenvalue weighted by molar-refractivity contribution is 6.36. The number of nitrogens with zero attached hydrogens (tertiary/aromatic N) is 2. The first-order valence-corrected chi connectivity index (χ1v) is 8.07. The molecule has 23 heavy (non-hydrogen) atoms. The van der Waals surface area contributed by atoms with Gasteiger partial charge in [0.1, 0.15) is 5.69 Å². The van der Waals surface area contributed by atoms with Crippen molar-refractivity contribution in [2.75, 3.05) is 27.2 Å². The fraction of sp³-hybridized carbons (Fsp3) is 0.294. The first-order valence-electron chi connectivity index (χ1n) is 7.32. The van der Waals surface area contributed by atoms with E-state index in [1.165, 1.54) is 0 Å². The lowest BCUT2D eigenvalue weighted by atomic mass is 10.1. The predicted octanol–water partition coefficient (Wildman–Crippen LogP) is 3.74. The summed E-state index contributed by atoms with van der Waals surface area (Å²) in [6.45, 7) is 1.56. The Balaban J connectivity index is 2.00. The molecule has 0 unspecified atom stereocenters. The van der Waals surface area contributed by atoms with Gasteiger partial charge in [0, 0.05) is 33.9 Å². The molecule has 0 spiro atoms. The molecule has 2 rings (SSSR count). The monoisotopic (exact) mass is 351 g/mol. The smallest absolute Gasteiger partial charge is 0.269 e. The number of carbonyl (C=O) groups is 1. The molecule has 4 nitrogen and oxygen atoms in total. The van der Waals surface area contributed by atoms with Crippen LogP contribution in [0.4, 0.5) is 0 Å². The number of hydrogen-bond acceptors (Lipinski definition) is 3. The molecular weight excluding hydrogens is 333 g/mol. The van der Waals surface area contributed by atoms with Gasteiger partial charge in [-0.25, -0.2) is 0 Å². The SMILES string of the molecule is CN(C)CCCNC(=O)c1ccc(-c2ccc(Cl)cc2Cl)cn1. The van der Waals surface area contributed by atoms with Crippen molar-refractivity contribution in [1.82, 2.24) is 15.2 Å². The van der Waals surface area contributed by atoms with E-state index >= 15 is 0 Å². The number of amides is 1. The molecule has 1 N–H and O–H groups in total. The van der Waals surface area contributed by atoms with E-state index in [1.54, 1.807) is 24.4 Å². The molecule has 122 valence electrons. The molecule has 0 saturated heterocycles. The topological polar surface area (TPSA) is 45.2 Å². The van der Waals surface area contributed by atoms with Crippen LogP contribution in [0.1, 0.15) is 16.9 Å². The van der Waals surface area contributed by atoms with Gasteiger partial charge >= 0.3 is 0 Å². The highest BCUT2D eigenvalue weighted by Gasteiger charge is 2.09. The number of pyridine rings is 1. The van der Waals surface area contributed by atoms with E-state index in [-0.39, 0.29) is 5.91 Å². The van der Waals surface area contributed by atoms with E-state index in [9.17, 15) is 4.79 Å². The van der Waals surface area contributed by atoms with Crippen molar-refractivity contribution in [2.45, 2.75) is 6.42 Å². The second-order valence-electron chi connectivity index (χ2n) is 5.47. The Labute approximate surface area is 146 Å². The predicted molar refractivity (Wildman–Crippen MR) is 95.2 cm³/mol. The average molecular weight is 352 g/mol. The quantitative estimate of drug-likeness (QED) is 0.806. The summed E-state index contributed by atoms with van der Waals surface area (Å²) in [6, 6.07) is 8.82. The first-order chi connectivity index (χ1) is 11.0. The van der Waals surface area contributed by atoms with Crippen LogP contribution < -0.4 is 5.32 Å². The molecule has 0 aliphatic heterocycles. The Morgan fingerprint density at radius 1 is 1.22 bits per heavy atom. The number of rotatable bonds is 6. The van der Waals surface area contributed by atoms with Crippen molar-refractivity contribution in [1.29, 1.82) is 0 Å². The maximum Gasteiger partial charge on any atom is 0.269 e. The van der Waals surface area contributed by atoms with Gasteiger partial charge in [-0.3, -0.25) is 9.78 Å². The maximum absolute atomic E-state index is 12.0. The normalized spacial score (nSPS) is 10.8. The van der Waals surface area contributed by atoms with Crippen LogP contribution in [0.15, 0.2) is 36.5 Å². The largest absolute Gasteiger partial charge is 0.351 e. The average Bonchev–Trinajstić information content (AvgIpc) is 2.51. The lowest BCUT2D eigenvalue weighted by molar-refractivity contribution is 0.0947. The molecule has 2 aromatic rings. The van der Waals surface area contributed by atoms with E-state index in [1.807, 2.05) is 26.2 Å². The first kappa shape index (κ1) is 17.7. The molecule has 1 heterocycles. The van der Waals surface area contributed by atoms with Crippen molar-refractivity contribution in [3.05, 3.63) is 52.3 Å². The van der Waals surface area contributed by atoms with Gasteiger partial charge in [-0.1, -0.05) is 35.3 Å². The van der Waals surface area contributed by atoms with Crippen LogP contribution in [0.25, 0.3) is 11.1 Å². The molecule has 6 heteroatoms. The van der Waals surface area contributed by atoms with Crippen molar-refractivity contribution < 1.29 is 4.79 Å². The number of nitrogens with one attached hydrogen (secondary N) is 1. The van der Waals surface area contributed by atoms with Crippen LogP contribution in [0, 0.1) is 0 Å². The summed E-state index contributed by atoms with van der Waals surface area (Å²) in [5.74, 6) is -0.169. The van der Waals surface area contributed by atoms with Gasteiger partial charge in [0.05, 0.1) is 0 Å². The third kappa shape index (κ3) is 5.20. The number of aromatic nitrogens is 1. The third-order valence-corrected chi connectivity index (χ3v) is 3.85. The minimum atomic E-state index is -0.169. The van der Waals surface area contributed by atoms with Crippen molar-refractivity contribution >= 4 is 29.1 Å². The summed E-state index contributed by atoms with van der Waals surface area (Å²) in [7, 11) is 4.01. The zero-order valence-corrected chi connectivity index (χ0v) is 14.7. The Bertz CT molecular complexity index is 672. The fourth-order valence-electron chi connectivity index (χ4n) is 2.10. The van der Waals surface area contributed by atoms with Crippen LogP contribution in [-0.4, -0.2) is 43.0 Å². The lowest BCUT2D eigenvalue weighted by Crippen LogP contribution is -2.27. The van der Waals surface area contributed by atoms with Gasteiger partial charge in [0.2, 0.25) is 0 Å². The van der Waals surface area contributed by atoms with Crippen LogP contribution in [-0.2, 0) is 0 Å². The Kier molecular flexibility index (Phi) is 6.39. The standard InChI is InChI=1S/C17H19Cl2N3O/c1-22(2)9-3-8-20-17(23)16-7-4-12(11-21-16)14-6-5-13(18)10-15(14)19/h4-7,10-11H,3,8-9H2,1-2H3,(H,20,23). The molecule has 0 aliphatic carbocycles. The van der Waals surface area contributed by atoms with E-state index < -0.39 is 0 Å². The number of carbonyl (C=O) groups excluding carboxylic acids is 1. The third-order valence-electron chi connectivity index (χ3n) is 3.31. The van der Waals surface area contributed by atoms with Gasteiger partial charge in [0.15, 0.2) is 0 Å². The van der Waals surface area contributed by atoms with Crippen molar-refractivity contribution in [3.8, 4) is 11.1 Å². The van der Waals surface area contributed by atoms with Gasteiger partial charge in [-0.2, -0.15) is 0 Å². The van der Waals surface area contributed by atoms with Crippen LogP contribution in [0.5, 0.6) is 0 Å². The van der Waals surface area contributed by atoms with Gasteiger partial charge < -0.3 is 10.2 Å². The minimum Gasteiger partial charge on any atom is -0.351 e. The van der Waals surface area contributed by atoms with E-state index in [4.69, 9.17) is 23.2 Å². The zero-order valence-electron chi connectivity index (χ0n) is 13.1. The van der Waals surface area contributed by atoms with E-state index in [0.717, 1.165) is 24.1 Å².